The van der Waals surface area contributed by atoms with Crippen molar-refractivity contribution in [1.82, 2.24) is 4.90 Å². The van der Waals surface area contributed by atoms with Gasteiger partial charge in [-0.1, -0.05) is 23.2 Å². The van der Waals surface area contributed by atoms with E-state index in [0.717, 1.165) is 0 Å². The van der Waals surface area contributed by atoms with Crippen LogP contribution >= 0.6 is 23.2 Å². The molecule has 0 aromatic heterocycles. The third-order valence-corrected chi connectivity index (χ3v) is 3.57. The first-order valence-corrected chi connectivity index (χ1v) is 6.79. The summed E-state index contributed by atoms with van der Waals surface area (Å²) in [5, 5.41) is 9.94. The van der Waals surface area contributed by atoms with E-state index in [0.29, 0.717) is 35.3 Å². The predicted molar refractivity (Wildman–Crippen MR) is 74.1 cm³/mol. The number of nitrogens with zero attached hydrogens (tertiary/aromatic N) is 1. The Morgan fingerprint density at radius 1 is 1.47 bits per heavy atom. The molecule has 0 saturated carbocycles. The first kappa shape index (κ1) is 14.8. The van der Waals surface area contributed by atoms with E-state index in [2.05, 4.69) is 0 Å². The molecule has 0 bridgehead atoms. The Hall–Kier alpha value is -0.650. The maximum Gasteiger partial charge on any atom is 0.178 e. The van der Waals surface area contributed by atoms with Gasteiger partial charge in [-0.15, -0.1) is 0 Å². The summed E-state index contributed by atoms with van der Waals surface area (Å²) in [5.74, 6) is -0.0553. The van der Waals surface area contributed by atoms with Gasteiger partial charge in [0.05, 0.1) is 30.9 Å². The average molecular weight is 304 g/mol. The van der Waals surface area contributed by atoms with E-state index in [1.165, 1.54) is 0 Å². The van der Waals surface area contributed by atoms with Crippen LogP contribution in [0, 0.1) is 0 Å². The fraction of sp³-hybridized carbons (Fsp3) is 0.462. The zero-order valence-corrected chi connectivity index (χ0v) is 11.8. The summed E-state index contributed by atoms with van der Waals surface area (Å²) >= 11 is 11.8. The molecular formula is C13H15Cl2NO3. The molecule has 0 amide bonds. The minimum Gasteiger partial charge on any atom is -0.394 e. The van der Waals surface area contributed by atoms with Gasteiger partial charge in [-0.3, -0.25) is 9.69 Å². The third-order valence-electron chi connectivity index (χ3n) is 3.03. The van der Waals surface area contributed by atoms with Crippen molar-refractivity contribution in [3.63, 3.8) is 0 Å². The van der Waals surface area contributed by atoms with E-state index in [9.17, 15) is 4.79 Å². The smallest absolute Gasteiger partial charge is 0.178 e. The van der Waals surface area contributed by atoms with Crippen molar-refractivity contribution < 1.29 is 14.6 Å². The molecule has 1 unspecified atom stereocenters. The second-order valence-electron chi connectivity index (χ2n) is 4.46. The number of ether oxygens (including phenoxy) is 1. The summed E-state index contributed by atoms with van der Waals surface area (Å²) in [6, 6.07) is 4.85. The Labute approximate surface area is 121 Å². The van der Waals surface area contributed by atoms with Crippen molar-refractivity contribution in [1.29, 1.82) is 0 Å². The number of benzene rings is 1. The molecule has 104 valence electrons. The zero-order valence-electron chi connectivity index (χ0n) is 10.3. The van der Waals surface area contributed by atoms with Crippen molar-refractivity contribution in [2.75, 3.05) is 32.8 Å². The molecule has 6 heteroatoms. The summed E-state index contributed by atoms with van der Waals surface area (Å²) in [5.41, 5.74) is 0.470. The molecule has 1 N–H and O–H groups in total. The Kier molecular flexibility index (Phi) is 5.19. The van der Waals surface area contributed by atoms with Crippen LogP contribution in [0.2, 0.25) is 10.0 Å². The molecule has 1 saturated heterocycles. The van der Waals surface area contributed by atoms with E-state index in [1.54, 1.807) is 18.2 Å². The van der Waals surface area contributed by atoms with Crippen molar-refractivity contribution in [3.05, 3.63) is 33.8 Å². The van der Waals surface area contributed by atoms with Gasteiger partial charge in [0, 0.05) is 23.7 Å². The Morgan fingerprint density at radius 2 is 2.26 bits per heavy atom. The molecule has 1 aliphatic rings. The minimum absolute atomic E-state index is 0.0353. The lowest BCUT2D eigenvalue weighted by Crippen LogP contribution is -2.46. The second-order valence-corrected chi connectivity index (χ2v) is 5.30. The Balaban J connectivity index is 2.00. The molecule has 1 atom stereocenters. The van der Waals surface area contributed by atoms with Crippen LogP contribution < -0.4 is 0 Å². The van der Waals surface area contributed by atoms with E-state index in [1.807, 2.05) is 4.90 Å². The van der Waals surface area contributed by atoms with Crippen molar-refractivity contribution in [2.45, 2.75) is 6.10 Å². The molecule has 1 aliphatic heterocycles. The number of morpholine rings is 1. The highest BCUT2D eigenvalue weighted by molar-refractivity contribution is 6.36. The lowest BCUT2D eigenvalue weighted by Gasteiger charge is -2.31. The molecule has 4 nitrogen and oxygen atoms in total. The minimum atomic E-state index is -0.220. The lowest BCUT2D eigenvalue weighted by atomic mass is 10.1. The van der Waals surface area contributed by atoms with Crippen molar-refractivity contribution >= 4 is 29.0 Å². The van der Waals surface area contributed by atoms with E-state index in [4.69, 9.17) is 33.0 Å². The number of carbonyl (C=O) groups excluding carboxylic acids is 1. The van der Waals surface area contributed by atoms with Crippen LogP contribution in [-0.2, 0) is 4.74 Å². The molecule has 19 heavy (non-hydrogen) atoms. The number of rotatable bonds is 4. The first-order chi connectivity index (χ1) is 9.10. The van der Waals surface area contributed by atoms with Gasteiger partial charge in [0.1, 0.15) is 0 Å². The highest BCUT2D eigenvalue weighted by Crippen LogP contribution is 2.21. The number of hydrogen-bond donors (Lipinski definition) is 1. The van der Waals surface area contributed by atoms with E-state index >= 15 is 0 Å². The second kappa shape index (κ2) is 6.68. The molecule has 1 aromatic rings. The van der Waals surface area contributed by atoms with Gasteiger partial charge < -0.3 is 9.84 Å². The Bertz CT molecular complexity index is 467. The van der Waals surface area contributed by atoms with Gasteiger partial charge in [-0.25, -0.2) is 0 Å². The van der Waals surface area contributed by atoms with Crippen LogP contribution in [0.4, 0.5) is 0 Å². The average Bonchev–Trinajstić information content (AvgIpc) is 2.38. The van der Waals surface area contributed by atoms with Crippen LogP contribution in [0.5, 0.6) is 0 Å². The van der Waals surface area contributed by atoms with Gasteiger partial charge >= 0.3 is 0 Å². The molecule has 0 radical (unpaired) electrons. The SMILES string of the molecule is O=C(CN1CCOC(CO)C1)c1ccc(Cl)cc1Cl. The van der Waals surface area contributed by atoms with Gasteiger partial charge in [0.15, 0.2) is 5.78 Å². The topological polar surface area (TPSA) is 49.8 Å². The summed E-state index contributed by atoms with van der Waals surface area (Å²) in [7, 11) is 0. The van der Waals surface area contributed by atoms with Gasteiger partial charge in [-0.2, -0.15) is 0 Å². The van der Waals surface area contributed by atoms with Crippen molar-refractivity contribution in [2.24, 2.45) is 0 Å². The van der Waals surface area contributed by atoms with E-state index in [-0.39, 0.29) is 25.0 Å². The monoisotopic (exact) mass is 303 g/mol. The summed E-state index contributed by atoms with van der Waals surface area (Å²) in [6.45, 7) is 1.97. The number of hydrogen-bond acceptors (Lipinski definition) is 4. The van der Waals surface area contributed by atoms with Gasteiger partial charge in [0.25, 0.3) is 0 Å². The lowest BCUT2D eigenvalue weighted by molar-refractivity contribution is -0.0503. The van der Waals surface area contributed by atoms with Crippen LogP contribution in [0.1, 0.15) is 10.4 Å². The molecule has 0 spiro atoms. The summed E-state index contributed by atoms with van der Waals surface area (Å²) in [6.07, 6.45) is -0.220. The summed E-state index contributed by atoms with van der Waals surface area (Å²) in [4.78, 5) is 14.1. The number of aliphatic hydroxyl groups excluding tert-OH is 1. The van der Waals surface area contributed by atoms with Crippen molar-refractivity contribution in [3.8, 4) is 0 Å². The van der Waals surface area contributed by atoms with Crippen LogP contribution in [0.3, 0.4) is 0 Å². The highest BCUT2D eigenvalue weighted by Gasteiger charge is 2.22. The number of ketones is 1. The molecule has 0 aliphatic carbocycles. The fourth-order valence-electron chi connectivity index (χ4n) is 2.04. The predicted octanol–water partition coefficient (Wildman–Crippen LogP) is 1.87. The third kappa shape index (κ3) is 3.91. The fourth-order valence-corrected chi connectivity index (χ4v) is 2.55. The maximum absolute atomic E-state index is 12.2. The Morgan fingerprint density at radius 3 is 2.95 bits per heavy atom. The number of Topliss-reactive ketones (excluding diaryl/α,β-unsaturated/α-hetero) is 1. The largest absolute Gasteiger partial charge is 0.394 e. The number of halogens is 2. The van der Waals surface area contributed by atoms with E-state index < -0.39 is 0 Å². The first-order valence-electron chi connectivity index (χ1n) is 6.03. The number of aliphatic hydroxyl groups is 1. The quantitative estimate of drug-likeness (QED) is 0.863. The molecule has 1 aromatic carbocycles. The molecule has 2 rings (SSSR count). The standard InChI is InChI=1S/C13H15Cl2NO3/c14-9-1-2-11(12(15)5-9)13(18)7-16-3-4-19-10(6-16)8-17/h1-2,5,10,17H,3-4,6-8H2. The number of carbonyl (C=O) groups is 1. The summed E-state index contributed by atoms with van der Waals surface area (Å²) < 4.78 is 5.34. The molecule has 1 fully saturated rings. The normalized spacial score (nSPS) is 20.5. The van der Waals surface area contributed by atoms with Crippen LogP contribution in [0.25, 0.3) is 0 Å². The highest BCUT2D eigenvalue weighted by atomic mass is 35.5. The zero-order chi connectivity index (χ0) is 13.8. The molecular weight excluding hydrogens is 289 g/mol. The maximum atomic E-state index is 12.2. The van der Waals surface area contributed by atoms with Gasteiger partial charge in [-0.05, 0) is 18.2 Å². The van der Waals surface area contributed by atoms with Gasteiger partial charge in [0.2, 0.25) is 0 Å². The van der Waals surface area contributed by atoms with Crippen LogP contribution in [0.15, 0.2) is 18.2 Å². The van der Waals surface area contributed by atoms with Crippen LogP contribution in [-0.4, -0.2) is 54.7 Å². The molecule has 1 heterocycles.